The van der Waals surface area contributed by atoms with Crippen molar-refractivity contribution in [2.75, 3.05) is 18.2 Å². The number of halogens is 1. The first-order valence-electron chi connectivity index (χ1n) is 6.93. The number of hydrogen-bond acceptors (Lipinski definition) is 8. The first kappa shape index (κ1) is 20.9. The van der Waals surface area contributed by atoms with E-state index in [4.69, 9.17) is 20.3 Å². The summed E-state index contributed by atoms with van der Waals surface area (Å²) in [5.74, 6) is -1.52. The predicted molar refractivity (Wildman–Crippen MR) is 84.7 cm³/mol. The Morgan fingerprint density at radius 1 is 1.42 bits per heavy atom. The van der Waals surface area contributed by atoms with Gasteiger partial charge < -0.3 is 34.8 Å². The Morgan fingerprint density at radius 2 is 2.08 bits per heavy atom. The number of anilines is 1. The monoisotopic (exact) mass is 415 g/mol. The lowest BCUT2D eigenvalue weighted by Crippen LogP contribution is -2.28. The van der Waals surface area contributed by atoms with Crippen molar-refractivity contribution in [1.82, 2.24) is 9.55 Å². The maximum absolute atomic E-state index is 13.2. The minimum Gasteiger partial charge on any atom is -0.386 e. The van der Waals surface area contributed by atoms with E-state index in [0.717, 1.165) is 10.8 Å². The van der Waals surface area contributed by atoms with Gasteiger partial charge in [-0.2, -0.15) is 4.98 Å². The summed E-state index contributed by atoms with van der Waals surface area (Å²) in [7, 11) is -9.53. The van der Waals surface area contributed by atoms with Crippen molar-refractivity contribution in [2.24, 2.45) is 0 Å². The Balaban J connectivity index is 2.16. The quantitative estimate of drug-likeness (QED) is 0.368. The van der Waals surface area contributed by atoms with Crippen molar-refractivity contribution in [3.05, 3.63) is 34.7 Å². The first-order chi connectivity index (χ1) is 11.9. The smallest absolute Gasteiger partial charge is 0.351 e. The van der Waals surface area contributed by atoms with Gasteiger partial charge in [0.1, 0.15) is 18.0 Å². The molecule has 1 fully saturated rings. The van der Waals surface area contributed by atoms with Crippen molar-refractivity contribution in [1.29, 1.82) is 0 Å². The van der Waals surface area contributed by atoms with Crippen LogP contribution in [0.1, 0.15) is 6.23 Å². The Morgan fingerprint density at radius 3 is 2.62 bits per heavy atom. The molecule has 12 nitrogen and oxygen atoms in total. The fourth-order valence-corrected chi connectivity index (χ4v) is 4.79. The van der Waals surface area contributed by atoms with E-state index < -0.39 is 51.8 Å². The second-order valence-electron chi connectivity index (χ2n) is 5.36. The number of nitrogens with two attached hydrogens (primary N) is 1. The van der Waals surface area contributed by atoms with Gasteiger partial charge in [-0.3, -0.25) is 13.7 Å². The number of aliphatic hydroxyl groups excluding tert-OH is 1. The summed E-state index contributed by atoms with van der Waals surface area (Å²) in [5, 5.41) is 10.1. The summed E-state index contributed by atoms with van der Waals surface area (Å²) in [6.45, 7) is -0.792. The molecular formula is C11H16FN3O9P2. The van der Waals surface area contributed by atoms with Crippen LogP contribution in [-0.4, -0.2) is 54.1 Å². The number of aliphatic hydroxyl groups is 1. The third kappa shape index (κ3) is 5.06. The van der Waals surface area contributed by atoms with Crippen LogP contribution in [0.15, 0.2) is 29.0 Å². The molecule has 2 rings (SSSR count). The Labute approximate surface area is 145 Å². The predicted octanol–water partition coefficient (Wildman–Crippen LogP) is -0.726. The highest BCUT2D eigenvalue weighted by molar-refractivity contribution is 7.70. The van der Waals surface area contributed by atoms with Crippen molar-refractivity contribution in [2.45, 2.75) is 18.4 Å². The second-order valence-corrected chi connectivity index (χ2v) is 9.36. The highest BCUT2D eigenvalue weighted by Gasteiger charge is 2.42. The van der Waals surface area contributed by atoms with Gasteiger partial charge in [0.15, 0.2) is 12.1 Å². The molecule has 4 atom stereocenters. The number of rotatable bonds is 6. The van der Waals surface area contributed by atoms with Crippen LogP contribution in [0.4, 0.5) is 10.2 Å². The Bertz CT molecular complexity index is 854. The minimum atomic E-state index is -4.83. The molecule has 0 amide bonds. The van der Waals surface area contributed by atoms with Gasteiger partial charge in [-0.1, -0.05) is 0 Å². The molecule has 0 bridgehead atoms. The van der Waals surface area contributed by atoms with E-state index in [-0.39, 0.29) is 17.7 Å². The molecule has 0 radical (unpaired) electrons. The van der Waals surface area contributed by atoms with Gasteiger partial charge in [0, 0.05) is 11.8 Å². The van der Waals surface area contributed by atoms with E-state index in [1.165, 1.54) is 6.07 Å². The molecule has 1 aliphatic heterocycles. The molecule has 0 saturated carbocycles. The van der Waals surface area contributed by atoms with Gasteiger partial charge in [-0.05, 0) is 6.07 Å². The molecule has 0 aromatic carbocycles. The zero-order chi connectivity index (χ0) is 19.7. The van der Waals surface area contributed by atoms with Crippen LogP contribution in [0.5, 0.6) is 0 Å². The van der Waals surface area contributed by atoms with Crippen LogP contribution in [0.2, 0.25) is 0 Å². The number of aromatic nitrogens is 2. The summed E-state index contributed by atoms with van der Waals surface area (Å²) in [4.78, 5) is 42.1. The molecule has 1 saturated heterocycles. The van der Waals surface area contributed by atoms with Crippen LogP contribution in [0.25, 0.3) is 0 Å². The molecule has 0 spiro atoms. The van der Waals surface area contributed by atoms with Crippen molar-refractivity contribution in [3.8, 4) is 0 Å². The third-order valence-corrected chi connectivity index (χ3v) is 6.77. The van der Waals surface area contributed by atoms with Gasteiger partial charge in [-0.25, -0.2) is 9.18 Å². The van der Waals surface area contributed by atoms with Crippen LogP contribution in [-0.2, 0) is 18.4 Å². The van der Waals surface area contributed by atoms with E-state index in [1.54, 1.807) is 0 Å². The third-order valence-electron chi connectivity index (χ3n) is 3.32. The zero-order valence-electron chi connectivity index (χ0n) is 13.0. The van der Waals surface area contributed by atoms with E-state index in [9.17, 15) is 28.3 Å². The molecule has 6 N–H and O–H groups in total. The van der Waals surface area contributed by atoms with Gasteiger partial charge in [0.05, 0.1) is 12.9 Å². The van der Waals surface area contributed by atoms with E-state index in [0.29, 0.717) is 0 Å². The van der Waals surface area contributed by atoms with Gasteiger partial charge in [0.25, 0.3) is 0 Å². The molecule has 0 aliphatic carbocycles. The highest BCUT2D eigenvalue weighted by Crippen LogP contribution is 2.55. The summed E-state index contributed by atoms with van der Waals surface area (Å²) in [6, 6.07) is 1.23. The van der Waals surface area contributed by atoms with Crippen LogP contribution >= 0.6 is 15.2 Å². The largest absolute Gasteiger partial charge is 0.386 e. The van der Waals surface area contributed by atoms with E-state index >= 15 is 0 Å². The minimum absolute atomic E-state index is 0.00626. The molecular weight excluding hydrogens is 399 g/mol. The lowest BCUT2D eigenvalue weighted by atomic mass is 10.1. The van der Waals surface area contributed by atoms with Crippen LogP contribution in [0.3, 0.4) is 0 Å². The fraction of sp³-hybridized carbons (Fsp3) is 0.455. The lowest BCUT2D eigenvalue weighted by Gasteiger charge is -2.18. The van der Waals surface area contributed by atoms with Gasteiger partial charge in [-0.15, -0.1) is 0 Å². The normalized spacial score (nSPS) is 27.6. The molecule has 1 unspecified atom stereocenters. The molecule has 1 aromatic heterocycles. The maximum Gasteiger partial charge on any atom is 0.351 e. The molecule has 1 aromatic rings. The molecule has 1 aliphatic rings. The summed E-state index contributed by atoms with van der Waals surface area (Å²) in [6.07, 6.45) is -3.29. The van der Waals surface area contributed by atoms with Gasteiger partial charge in [0.2, 0.25) is 0 Å². The summed E-state index contributed by atoms with van der Waals surface area (Å²) >= 11 is 0. The first-order valence-corrected chi connectivity index (χ1v) is 10.5. The van der Waals surface area contributed by atoms with Crippen molar-refractivity contribution >= 4 is 21.0 Å². The lowest BCUT2D eigenvalue weighted by molar-refractivity contribution is -0.0410. The van der Waals surface area contributed by atoms with Gasteiger partial charge >= 0.3 is 20.9 Å². The highest BCUT2D eigenvalue weighted by atomic mass is 31.2. The van der Waals surface area contributed by atoms with Crippen molar-refractivity contribution < 1.29 is 42.6 Å². The van der Waals surface area contributed by atoms with Crippen molar-refractivity contribution in [3.63, 3.8) is 0 Å². The number of hydrogen-bond donors (Lipinski definition) is 5. The molecule has 146 valence electrons. The number of ether oxygens (including phenoxy) is 1. The van der Waals surface area contributed by atoms with E-state index in [1.807, 2.05) is 0 Å². The van der Waals surface area contributed by atoms with E-state index in [2.05, 4.69) is 9.51 Å². The maximum atomic E-state index is 13.2. The molecule has 2 heterocycles. The average molecular weight is 415 g/mol. The average Bonchev–Trinajstić information content (AvgIpc) is 2.79. The zero-order valence-corrected chi connectivity index (χ0v) is 14.7. The second kappa shape index (κ2) is 7.67. The number of nitrogens with zero attached hydrogens (tertiary/aromatic N) is 2. The summed E-state index contributed by atoms with van der Waals surface area (Å²) < 4.78 is 46.2. The Kier molecular flexibility index (Phi) is 6.16. The standard InChI is InChI=1S/C11H16FN3O9P2/c12-3-6-9(16)7(4-23-26(21,22)5-25(18,19)20)24-10(6)15-2-1-8(13)14-11(15)17/h1-3,7,9-10,16H,4-5H2,(H,21,22)(H2,13,14,17)(H2,18,19,20)/t7-,9+,10-/m1/s1. The topological polar surface area (TPSA) is 194 Å². The SMILES string of the molecule is Nc1ccn([C@@H]2O[C@H](COP(=O)(O)CP(=O)(O)O)[C@@H](O)C2=CF)c(=O)n1. The van der Waals surface area contributed by atoms with Crippen LogP contribution < -0.4 is 11.4 Å². The molecule has 15 heteroatoms. The molecule has 26 heavy (non-hydrogen) atoms. The van der Waals surface area contributed by atoms with Crippen LogP contribution in [0, 0.1) is 0 Å². The number of nitrogen functional groups attached to an aromatic ring is 1. The fourth-order valence-electron chi connectivity index (χ4n) is 2.22. The Hall–Kier alpha value is -1.43. The summed E-state index contributed by atoms with van der Waals surface area (Å²) in [5.41, 5.74) is 4.08.